The van der Waals surface area contributed by atoms with Crippen molar-refractivity contribution in [1.82, 2.24) is 10.6 Å². The molecule has 1 aliphatic carbocycles. The van der Waals surface area contributed by atoms with Gasteiger partial charge in [0, 0.05) is 19.1 Å². The molecule has 1 heterocycles. The van der Waals surface area contributed by atoms with E-state index < -0.39 is 0 Å². The normalized spacial score (nSPS) is 24.3. The van der Waals surface area contributed by atoms with Crippen LogP contribution in [0.15, 0.2) is 12.2 Å². The lowest BCUT2D eigenvalue weighted by atomic mass is 9.94. The lowest BCUT2D eigenvalue weighted by Gasteiger charge is -2.23. The number of carbonyl (C=O) groups is 1. The molecule has 0 radical (unpaired) electrons. The standard InChI is InChI=1S/C15H26N2O2/c18-15(13-5-2-1-3-6-13)17-9-4-12-19-14-7-10-16-11-8-14/h1-2,13-14,16H,3-12H2,(H,17,18). The highest BCUT2D eigenvalue weighted by molar-refractivity contribution is 5.78. The molecule has 0 saturated carbocycles. The van der Waals surface area contributed by atoms with Gasteiger partial charge in [-0.1, -0.05) is 12.2 Å². The van der Waals surface area contributed by atoms with Crippen LogP contribution in [0.25, 0.3) is 0 Å². The molecule has 19 heavy (non-hydrogen) atoms. The van der Waals surface area contributed by atoms with Crippen LogP contribution in [-0.4, -0.2) is 38.3 Å². The first-order valence-corrected chi connectivity index (χ1v) is 7.61. The number of carbonyl (C=O) groups excluding carboxylic acids is 1. The zero-order valence-corrected chi connectivity index (χ0v) is 11.7. The van der Waals surface area contributed by atoms with Crippen molar-refractivity contribution >= 4 is 5.91 Å². The molecule has 2 N–H and O–H groups in total. The summed E-state index contributed by atoms with van der Waals surface area (Å²) in [5, 5.41) is 6.35. The summed E-state index contributed by atoms with van der Waals surface area (Å²) in [6.07, 6.45) is 10.8. The Kier molecular flexibility index (Phi) is 6.37. The monoisotopic (exact) mass is 266 g/mol. The molecule has 1 amide bonds. The minimum absolute atomic E-state index is 0.190. The van der Waals surface area contributed by atoms with Crippen LogP contribution in [0.2, 0.25) is 0 Å². The number of piperidine rings is 1. The first kappa shape index (κ1) is 14.5. The lowest BCUT2D eigenvalue weighted by molar-refractivity contribution is -0.125. The van der Waals surface area contributed by atoms with Crippen LogP contribution in [-0.2, 0) is 9.53 Å². The highest BCUT2D eigenvalue weighted by atomic mass is 16.5. The van der Waals surface area contributed by atoms with E-state index in [2.05, 4.69) is 22.8 Å². The third kappa shape index (κ3) is 5.33. The zero-order valence-electron chi connectivity index (χ0n) is 11.7. The Hall–Kier alpha value is -0.870. The Balaban J connectivity index is 1.49. The molecular weight excluding hydrogens is 240 g/mol. The molecule has 0 bridgehead atoms. The van der Waals surface area contributed by atoms with Crippen molar-refractivity contribution in [2.45, 2.75) is 44.6 Å². The third-order valence-electron chi connectivity index (χ3n) is 3.90. The van der Waals surface area contributed by atoms with Crippen LogP contribution in [0.4, 0.5) is 0 Å². The Labute approximate surface area is 116 Å². The van der Waals surface area contributed by atoms with Crippen molar-refractivity contribution in [3.63, 3.8) is 0 Å². The zero-order chi connectivity index (χ0) is 13.3. The first-order chi connectivity index (χ1) is 9.36. The summed E-state index contributed by atoms with van der Waals surface area (Å²) in [4.78, 5) is 11.9. The molecule has 0 aromatic rings. The molecule has 1 saturated heterocycles. The van der Waals surface area contributed by atoms with Gasteiger partial charge in [0.15, 0.2) is 0 Å². The van der Waals surface area contributed by atoms with E-state index in [1.165, 1.54) is 0 Å². The Morgan fingerprint density at radius 2 is 2.11 bits per heavy atom. The van der Waals surface area contributed by atoms with Gasteiger partial charge in [-0.15, -0.1) is 0 Å². The first-order valence-electron chi connectivity index (χ1n) is 7.61. The number of rotatable bonds is 6. The molecular formula is C15H26N2O2. The van der Waals surface area contributed by atoms with Gasteiger partial charge in [0.1, 0.15) is 0 Å². The van der Waals surface area contributed by atoms with E-state index in [9.17, 15) is 4.79 Å². The summed E-state index contributed by atoms with van der Waals surface area (Å²) in [6.45, 7) is 3.63. The average molecular weight is 266 g/mol. The van der Waals surface area contributed by atoms with Crippen LogP contribution >= 0.6 is 0 Å². The van der Waals surface area contributed by atoms with Gasteiger partial charge < -0.3 is 15.4 Å². The maximum absolute atomic E-state index is 11.9. The summed E-state index contributed by atoms with van der Waals surface area (Å²) in [7, 11) is 0. The molecule has 0 spiro atoms. The maximum atomic E-state index is 11.9. The molecule has 1 aliphatic heterocycles. The van der Waals surface area contributed by atoms with E-state index in [0.29, 0.717) is 6.10 Å². The van der Waals surface area contributed by atoms with Crippen molar-refractivity contribution in [2.75, 3.05) is 26.2 Å². The molecule has 4 nitrogen and oxygen atoms in total. The summed E-state index contributed by atoms with van der Waals surface area (Å²) in [5.41, 5.74) is 0. The second kappa shape index (κ2) is 8.33. The molecule has 4 heteroatoms. The van der Waals surface area contributed by atoms with Gasteiger partial charge in [0.05, 0.1) is 6.10 Å². The summed E-state index contributed by atoms with van der Waals surface area (Å²) < 4.78 is 5.81. The largest absolute Gasteiger partial charge is 0.378 e. The highest BCUT2D eigenvalue weighted by Crippen LogP contribution is 2.17. The van der Waals surface area contributed by atoms with Crippen molar-refractivity contribution in [3.05, 3.63) is 12.2 Å². The Morgan fingerprint density at radius 1 is 1.26 bits per heavy atom. The van der Waals surface area contributed by atoms with Crippen LogP contribution < -0.4 is 10.6 Å². The number of ether oxygens (including phenoxy) is 1. The summed E-state index contributed by atoms with van der Waals surface area (Å²) in [6, 6.07) is 0. The number of hydrogen-bond donors (Lipinski definition) is 2. The minimum atomic E-state index is 0.190. The lowest BCUT2D eigenvalue weighted by Crippen LogP contribution is -2.34. The topological polar surface area (TPSA) is 50.4 Å². The third-order valence-corrected chi connectivity index (χ3v) is 3.90. The summed E-state index contributed by atoms with van der Waals surface area (Å²) in [5.74, 6) is 0.404. The van der Waals surface area contributed by atoms with E-state index in [-0.39, 0.29) is 11.8 Å². The van der Waals surface area contributed by atoms with Crippen molar-refractivity contribution in [1.29, 1.82) is 0 Å². The van der Waals surface area contributed by atoms with E-state index in [1.807, 2.05) is 0 Å². The van der Waals surface area contributed by atoms with Gasteiger partial charge in [-0.3, -0.25) is 4.79 Å². The molecule has 0 aromatic heterocycles. The van der Waals surface area contributed by atoms with Crippen LogP contribution in [0.3, 0.4) is 0 Å². The second-order valence-electron chi connectivity index (χ2n) is 5.45. The number of allylic oxidation sites excluding steroid dienone is 2. The van der Waals surface area contributed by atoms with Crippen LogP contribution in [0.5, 0.6) is 0 Å². The van der Waals surface area contributed by atoms with Gasteiger partial charge in [0.2, 0.25) is 5.91 Å². The second-order valence-corrected chi connectivity index (χ2v) is 5.45. The average Bonchev–Trinajstić information content (AvgIpc) is 2.49. The van der Waals surface area contributed by atoms with Gasteiger partial charge in [-0.05, 0) is 51.6 Å². The summed E-state index contributed by atoms with van der Waals surface area (Å²) >= 11 is 0. The highest BCUT2D eigenvalue weighted by Gasteiger charge is 2.18. The SMILES string of the molecule is O=C(NCCCOC1CCNCC1)C1CC=CCC1. The smallest absolute Gasteiger partial charge is 0.223 e. The number of nitrogens with one attached hydrogen (secondary N) is 2. The fraction of sp³-hybridized carbons (Fsp3) is 0.800. The minimum Gasteiger partial charge on any atom is -0.378 e. The number of amides is 1. The molecule has 2 rings (SSSR count). The van der Waals surface area contributed by atoms with Crippen molar-refractivity contribution in [2.24, 2.45) is 5.92 Å². The fourth-order valence-corrected chi connectivity index (χ4v) is 2.67. The van der Waals surface area contributed by atoms with Crippen molar-refractivity contribution in [3.8, 4) is 0 Å². The molecule has 1 fully saturated rings. The Bertz CT molecular complexity index is 299. The predicted molar refractivity (Wildman–Crippen MR) is 76.0 cm³/mol. The molecule has 1 unspecified atom stereocenters. The van der Waals surface area contributed by atoms with Gasteiger partial charge in [-0.2, -0.15) is 0 Å². The van der Waals surface area contributed by atoms with Crippen LogP contribution in [0, 0.1) is 5.92 Å². The van der Waals surface area contributed by atoms with Gasteiger partial charge >= 0.3 is 0 Å². The maximum Gasteiger partial charge on any atom is 0.223 e. The van der Waals surface area contributed by atoms with Crippen LogP contribution in [0.1, 0.15) is 38.5 Å². The molecule has 0 aromatic carbocycles. The van der Waals surface area contributed by atoms with E-state index in [4.69, 9.17) is 4.74 Å². The van der Waals surface area contributed by atoms with Crippen molar-refractivity contribution < 1.29 is 9.53 Å². The quantitative estimate of drug-likeness (QED) is 0.567. The van der Waals surface area contributed by atoms with Gasteiger partial charge in [-0.25, -0.2) is 0 Å². The predicted octanol–water partition coefficient (Wildman–Crippen LogP) is 1.62. The Morgan fingerprint density at radius 3 is 2.84 bits per heavy atom. The number of hydrogen-bond acceptors (Lipinski definition) is 3. The molecule has 2 aliphatic rings. The molecule has 1 atom stereocenters. The fourth-order valence-electron chi connectivity index (χ4n) is 2.67. The van der Waals surface area contributed by atoms with Gasteiger partial charge in [0.25, 0.3) is 0 Å². The van der Waals surface area contributed by atoms with E-state index in [0.717, 1.165) is 64.8 Å². The molecule has 108 valence electrons. The van der Waals surface area contributed by atoms with E-state index in [1.54, 1.807) is 0 Å². The van der Waals surface area contributed by atoms with E-state index >= 15 is 0 Å².